The molecule has 0 aromatic heterocycles. The third-order valence-electron chi connectivity index (χ3n) is 5.05. The quantitative estimate of drug-likeness (QED) is 0.832. The summed E-state index contributed by atoms with van der Waals surface area (Å²) in [5.41, 5.74) is 0.122. The van der Waals surface area contributed by atoms with Crippen LogP contribution in [0.15, 0.2) is 40.9 Å². The average Bonchev–Trinajstić information content (AvgIpc) is 2.45. The predicted octanol–water partition coefficient (Wildman–Crippen LogP) is 3.19. The Morgan fingerprint density at radius 1 is 1.29 bits per heavy atom. The second kappa shape index (κ2) is 6.41. The molecule has 1 heterocycles. The van der Waals surface area contributed by atoms with E-state index in [0.717, 1.165) is 10.8 Å². The van der Waals surface area contributed by atoms with E-state index >= 15 is 0 Å². The van der Waals surface area contributed by atoms with Gasteiger partial charge >= 0.3 is 0 Å². The van der Waals surface area contributed by atoms with E-state index in [4.69, 9.17) is 0 Å². The Bertz CT molecular complexity index is 718. The minimum absolute atomic E-state index is 0.224. The third kappa shape index (κ3) is 3.82. The van der Waals surface area contributed by atoms with Crippen molar-refractivity contribution >= 4 is 18.1 Å². The molecule has 1 aromatic rings. The van der Waals surface area contributed by atoms with Gasteiger partial charge in [-0.05, 0) is 32.4 Å². The summed E-state index contributed by atoms with van der Waals surface area (Å²) in [6.45, 7) is 15.1. The predicted molar refractivity (Wildman–Crippen MR) is 101 cm³/mol. The molecule has 0 spiro atoms. The molecule has 1 aliphatic heterocycles. The molecule has 0 saturated carbocycles. The summed E-state index contributed by atoms with van der Waals surface area (Å²) in [6.07, 6.45) is 0.423. The highest BCUT2D eigenvalue weighted by Gasteiger charge is 2.45. The van der Waals surface area contributed by atoms with Gasteiger partial charge in [0.1, 0.15) is 0 Å². The Morgan fingerprint density at radius 3 is 2.33 bits per heavy atom. The van der Waals surface area contributed by atoms with Crippen molar-refractivity contribution in [3.8, 4) is 0 Å². The van der Waals surface area contributed by atoms with Crippen LogP contribution < -0.4 is 0 Å². The number of rotatable bonds is 4. The van der Waals surface area contributed by atoms with Gasteiger partial charge in [0.25, 0.3) is 0 Å². The Kier molecular flexibility index (Phi) is 5.17. The molecule has 1 saturated heterocycles. The van der Waals surface area contributed by atoms with Crippen LogP contribution in [0.5, 0.6) is 0 Å². The average molecular weight is 368 g/mol. The maximum atomic E-state index is 13.0. The number of sulfonamides is 1. The Morgan fingerprint density at radius 2 is 1.83 bits per heavy atom. The molecule has 1 aliphatic rings. The highest BCUT2D eigenvalue weighted by molar-refractivity contribution is 7.89. The topological polar surface area (TPSA) is 57.6 Å². The second-order valence-corrected chi connectivity index (χ2v) is 15.2. The van der Waals surface area contributed by atoms with Gasteiger partial charge in [0.05, 0.1) is 18.6 Å². The van der Waals surface area contributed by atoms with Gasteiger partial charge in [-0.25, -0.2) is 8.42 Å². The number of nitrogens with zero attached hydrogens (tertiary/aromatic N) is 1. The fourth-order valence-corrected chi connectivity index (χ4v) is 6.01. The minimum Gasteiger partial charge on any atom is -0.389 e. The third-order valence-corrected chi connectivity index (χ3v) is 9.20. The van der Waals surface area contributed by atoms with Gasteiger partial charge < -0.3 is 5.11 Å². The zero-order valence-corrected chi connectivity index (χ0v) is 17.2. The van der Waals surface area contributed by atoms with Crippen molar-refractivity contribution in [2.24, 2.45) is 5.92 Å². The molecule has 4 nitrogen and oxygen atoms in total. The molecular weight excluding hydrogens is 338 g/mol. The lowest BCUT2D eigenvalue weighted by Crippen LogP contribution is -2.54. The molecule has 134 valence electrons. The largest absolute Gasteiger partial charge is 0.389 e. The van der Waals surface area contributed by atoms with Gasteiger partial charge in [0.2, 0.25) is 10.0 Å². The summed E-state index contributed by atoms with van der Waals surface area (Å²) in [4.78, 5) is 0.312. The summed E-state index contributed by atoms with van der Waals surface area (Å²) in [7, 11) is -5.23. The fourth-order valence-electron chi connectivity index (χ4n) is 3.10. The van der Waals surface area contributed by atoms with Crippen LogP contribution in [0, 0.1) is 12.8 Å². The monoisotopic (exact) mass is 367 g/mol. The van der Waals surface area contributed by atoms with Crippen molar-refractivity contribution in [1.29, 1.82) is 0 Å². The first-order valence-electron chi connectivity index (χ1n) is 8.34. The molecule has 0 radical (unpaired) electrons. The van der Waals surface area contributed by atoms with Gasteiger partial charge in [-0.15, -0.1) is 6.58 Å². The first-order valence-corrected chi connectivity index (χ1v) is 13.3. The van der Waals surface area contributed by atoms with E-state index in [0.29, 0.717) is 24.4 Å². The SMILES string of the molecule is C=C([C@@H]1CN(S(=O)(=O)c2ccc(C)cc2)CC[C@]1(C)O)[Si](C)(C)C. The number of aryl methyl sites for hydroxylation is 1. The second-order valence-electron chi connectivity index (χ2n) is 8.11. The van der Waals surface area contributed by atoms with Crippen molar-refractivity contribution in [3.05, 3.63) is 41.6 Å². The smallest absolute Gasteiger partial charge is 0.243 e. The number of aliphatic hydroxyl groups is 1. The van der Waals surface area contributed by atoms with E-state index in [-0.39, 0.29) is 5.92 Å². The van der Waals surface area contributed by atoms with Crippen molar-refractivity contribution in [2.75, 3.05) is 13.1 Å². The molecule has 0 amide bonds. The molecule has 2 atom stereocenters. The molecule has 0 unspecified atom stereocenters. The molecule has 2 rings (SSSR count). The van der Waals surface area contributed by atoms with E-state index in [2.05, 4.69) is 26.2 Å². The van der Waals surface area contributed by atoms with Crippen LogP contribution in [0.4, 0.5) is 0 Å². The highest BCUT2D eigenvalue weighted by atomic mass is 32.2. The molecular formula is C18H29NO3SSi. The normalized spacial score (nSPS) is 26.3. The van der Waals surface area contributed by atoms with E-state index in [1.54, 1.807) is 19.1 Å². The van der Waals surface area contributed by atoms with Gasteiger partial charge in [0, 0.05) is 19.0 Å². The van der Waals surface area contributed by atoms with E-state index < -0.39 is 23.7 Å². The Hall–Kier alpha value is -0.953. The number of benzene rings is 1. The van der Waals surface area contributed by atoms with Crippen molar-refractivity contribution in [2.45, 2.75) is 50.4 Å². The van der Waals surface area contributed by atoms with Crippen molar-refractivity contribution < 1.29 is 13.5 Å². The van der Waals surface area contributed by atoms with Gasteiger partial charge in [-0.1, -0.05) is 42.5 Å². The zero-order chi connectivity index (χ0) is 18.3. The van der Waals surface area contributed by atoms with Crippen LogP contribution in [-0.2, 0) is 10.0 Å². The minimum atomic E-state index is -3.54. The summed E-state index contributed by atoms with van der Waals surface area (Å²) < 4.78 is 27.4. The molecule has 1 aromatic carbocycles. The lowest BCUT2D eigenvalue weighted by molar-refractivity contribution is -0.0239. The van der Waals surface area contributed by atoms with E-state index in [1.807, 2.05) is 19.1 Å². The molecule has 6 heteroatoms. The van der Waals surface area contributed by atoms with Crippen LogP contribution in [0.1, 0.15) is 18.9 Å². The summed E-state index contributed by atoms with van der Waals surface area (Å²) in [6, 6.07) is 6.93. The van der Waals surface area contributed by atoms with Crippen LogP contribution in [0.3, 0.4) is 0 Å². The number of hydrogen-bond donors (Lipinski definition) is 1. The fraction of sp³-hybridized carbons (Fsp3) is 0.556. The lowest BCUT2D eigenvalue weighted by Gasteiger charge is -2.45. The molecule has 24 heavy (non-hydrogen) atoms. The van der Waals surface area contributed by atoms with Crippen LogP contribution in [0.2, 0.25) is 19.6 Å². The van der Waals surface area contributed by atoms with Gasteiger partial charge in [-0.2, -0.15) is 4.31 Å². The van der Waals surface area contributed by atoms with Gasteiger partial charge in [-0.3, -0.25) is 0 Å². The van der Waals surface area contributed by atoms with Crippen LogP contribution in [0.25, 0.3) is 0 Å². The lowest BCUT2D eigenvalue weighted by atomic mass is 9.83. The summed E-state index contributed by atoms with van der Waals surface area (Å²) >= 11 is 0. The van der Waals surface area contributed by atoms with E-state index in [9.17, 15) is 13.5 Å². The Labute approximate surface area is 147 Å². The molecule has 1 fully saturated rings. The molecule has 1 N–H and O–H groups in total. The standard InChI is InChI=1S/C18H29NO3SSi/c1-14-7-9-16(10-8-14)23(21,22)19-12-11-18(3,20)17(13-19)15(2)24(4,5)6/h7-10,17,20H,2,11-13H2,1,3-6H3/t17-,18-/m0/s1. The first kappa shape index (κ1) is 19.4. The maximum Gasteiger partial charge on any atom is 0.243 e. The van der Waals surface area contributed by atoms with Gasteiger partial charge in [0.15, 0.2) is 0 Å². The van der Waals surface area contributed by atoms with E-state index in [1.165, 1.54) is 4.31 Å². The first-order chi connectivity index (χ1) is 10.9. The number of piperidine rings is 1. The van der Waals surface area contributed by atoms with Crippen LogP contribution >= 0.6 is 0 Å². The van der Waals surface area contributed by atoms with Crippen molar-refractivity contribution in [3.63, 3.8) is 0 Å². The Balaban J connectivity index is 2.33. The summed E-state index contributed by atoms with van der Waals surface area (Å²) in [5, 5.41) is 11.8. The van der Waals surface area contributed by atoms with Crippen LogP contribution in [-0.4, -0.2) is 44.6 Å². The maximum absolute atomic E-state index is 13.0. The zero-order valence-electron chi connectivity index (χ0n) is 15.3. The molecule has 0 aliphatic carbocycles. The number of hydrogen-bond acceptors (Lipinski definition) is 3. The summed E-state index contributed by atoms with van der Waals surface area (Å²) in [5.74, 6) is -0.224. The van der Waals surface area contributed by atoms with Crippen molar-refractivity contribution in [1.82, 2.24) is 4.31 Å². The molecule has 0 bridgehead atoms. The highest BCUT2D eigenvalue weighted by Crippen LogP contribution is 2.37.